The summed E-state index contributed by atoms with van der Waals surface area (Å²) in [7, 11) is -5.76. The van der Waals surface area contributed by atoms with Crippen molar-refractivity contribution in [2.45, 2.75) is 160 Å². The second-order valence-corrected chi connectivity index (χ2v) is 23.3. The van der Waals surface area contributed by atoms with E-state index in [4.69, 9.17) is 11.5 Å². The zero-order valence-corrected chi connectivity index (χ0v) is 38.5. The molecule has 2 aliphatic carbocycles. The van der Waals surface area contributed by atoms with Crippen molar-refractivity contribution in [3.05, 3.63) is 0 Å². The van der Waals surface area contributed by atoms with Crippen LogP contribution in [0.25, 0.3) is 0 Å². The fourth-order valence-electron chi connectivity index (χ4n) is 7.30. The molecule has 2 saturated carbocycles. The van der Waals surface area contributed by atoms with Gasteiger partial charge in [-0.05, 0) is 35.7 Å². The molecule has 0 saturated heterocycles. The van der Waals surface area contributed by atoms with Crippen molar-refractivity contribution in [1.29, 1.82) is 0 Å². The fourth-order valence-corrected chi connectivity index (χ4v) is 13.5. The number of nitrogens with one attached hydrogen (secondary N) is 3. The molecule has 56 heavy (non-hydrogen) atoms. The molecule has 2 rings (SSSR count). The van der Waals surface area contributed by atoms with Gasteiger partial charge >= 0.3 is 171 Å². The summed E-state index contributed by atoms with van der Waals surface area (Å²) in [5.41, 5.74) is 10.7. The van der Waals surface area contributed by atoms with Crippen LogP contribution in [0.1, 0.15) is 119 Å². The fraction of sp³-hybridized carbons (Fsp3) is 0.895. The van der Waals surface area contributed by atoms with Crippen LogP contribution >= 0.6 is 15.4 Å². The molecular formula is C38H75AsN5O10P2+. The van der Waals surface area contributed by atoms with Gasteiger partial charge in [0.1, 0.15) is 6.04 Å². The molecule has 0 aromatic carbocycles. The second-order valence-electron chi connectivity index (χ2n) is 17.0. The van der Waals surface area contributed by atoms with E-state index in [-0.39, 0.29) is 88.9 Å². The average Bonchev–Trinajstić information content (AvgIpc) is 3.13. The van der Waals surface area contributed by atoms with E-state index < -0.39 is 67.1 Å². The van der Waals surface area contributed by atoms with E-state index in [9.17, 15) is 48.3 Å². The van der Waals surface area contributed by atoms with E-state index in [1.165, 1.54) is 6.42 Å². The standard InChI is InChI=1S/C21H40N3O5P.C17H34AsN2O5P/c1-13(2)10-17(24-21(27)19(22)14(3)4)20(26)23-12-16(25)11-18(30(28)29)15-8-6-5-7-9-15;1-12(2)16(20-15(22)9-19)17(23)18-8-14(21)11-26(24,25)10-13-6-4-3-5-7-13/h13-19,25H,5-12,22H2,1-4H3,(H2-,23,24,26,27,28,29);12-14,16,18,21H,3-11,19H2,1-2H3,(H,20,22)(H,24,25)/p+1/t16-,17+,18?,19+;14-,16-/m10/s1. The first-order chi connectivity index (χ1) is 26.2. The summed E-state index contributed by atoms with van der Waals surface area (Å²) in [5, 5.41) is 28.8. The van der Waals surface area contributed by atoms with Crippen molar-refractivity contribution in [2.24, 2.45) is 41.1 Å². The topological polar surface area (TPSA) is 271 Å². The Morgan fingerprint density at radius 1 is 0.839 bits per heavy atom. The Morgan fingerprint density at radius 2 is 1.41 bits per heavy atom. The summed E-state index contributed by atoms with van der Waals surface area (Å²) < 4.78 is 24.2. The van der Waals surface area contributed by atoms with Crippen LogP contribution in [0.2, 0.25) is 5.21 Å². The number of rotatable bonds is 23. The SMILES string of the molecule is CC(C)C[C@H](NC(=O)[C@@H](N)C(C)C)C(=O)NC[C@H](O)CC(C1CCCCC1)[P+](=O)O.CC(C)[C@H](NC(=O)CN)C(=O)[AsH]C[C@H](O)CP(=O)(O)CC1CCCCC1. The molecule has 0 aromatic heterocycles. The van der Waals surface area contributed by atoms with Gasteiger partial charge in [-0.15, -0.1) is 0 Å². The van der Waals surface area contributed by atoms with Gasteiger partial charge in [-0.2, -0.15) is 4.89 Å². The number of carbonyl (C=O) groups is 4. The third kappa shape index (κ3) is 21.6. The predicted molar refractivity (Wildman–Crippen MR) is 223 cm³/mol. The first-order valence-electron chi connectivity index (χ1n) is 20.6. The first kappa shape index (κ1) is 52.7. The Labute approximate surface area is 342 Å². The molecule has 0 radical (unpaired) electrons. The minimum absolute atomic E-state index is 0.0219. The summed E-state index contributed by atoms with van der Waals surface area (Å²) in [4.78, 5) is 68.7. The van der Waals surface area contributed by atoms with Crippen LogP contribution in [-0.4, -0.2) is 119 Å². The molecule has 0 heterocycles. The Bertz CT molecular complexity index is 1270. The Balaban J connectivity index is 0.000000566. The maximum absolute atomic E-state index is 12.6. The van der Waals surface area contributed by atoms with Crippen molar-refractivity contribution in [3.63, 3.8) is 0 Å². The number of aliphatic hydroxyl groups excluding tert-OH is 2. The van der Waals surface area contributed by atoms with Gasteiger partial charge < -0.3 is 21.5 Å². The van der Waals surface area contributed by atoms with Crippen LogP contribution < -0.4 is 27.4 Å². The van der Waals surface area contributed by atoms with E-state index in [1.807, 2.05) is 41.5 Å². The van der Waals surface area contributed by atoms with Crippen LogP contribution in [0.15, 0.2) is 0 Å². The summed E-state index contributed by atoms with van der Waals surface area (Å²) >= 11 is -1.19. The molecule has 2 aliphatic rings. The molecule has 4 unspecified atom stereocenters. The van der Waals surface area contributed by atoms with Crippen LogP contribution in [0.4, 0.5) is 0 Å². The van der Waals surface area contributed by atoms with Crippen LogP contribution in [0.5, 0.6) is 0 Å². The van der Waals surface area contributed by atoms with E-state index in [0.29, 0.717) is 6.42 Å². The van der Waals surface area contributed by atoms with Gasteiger partial charge in [0.15, 0.2) is 5.66 Å². The van der Waals surface area contributed by atoms with Crippen LogP contribution in [0.3, 0.4) is 0 Å². The molecule has 326 valence electrons. The van der Waals surface area contributed by atoms with Crippen molar-refractivity contribution in [1.82, 2.24) is 16.0 Å². The van der Waals surface area contributed by atoms with Gasteiger partial charge in [-0.1, -0.05) is 47.0 Å². The monoisotopic (exact) mass is 898 g/mol. The van der Waals surface area contributed by atoms with Crippen LogP contribution in [-0.2, 0) is 28.3 Å². The number of aliphatic hydroxyl groups is 2. The average molecular weight is 899 g/mol. The molecule has 0 aromatic rings. The minimum atomic E-state index is -3.37. The van der Waals surface area contributed by atoms with Gasteiger partial charge in [-0.3, -0.25) is 9.59 Å². The normalized spacial score (nSPS) is 20.3. The zero-order chi connectivity index (χ0) is 42.6. The van der Waals surface area contributed by atoms with Gasteiger partial charge in [0.25, 0.3) is 0 Å². The molecule has 2 fully saturated rings. The van der Waals surface area contributed by atoms with Crippen molar-refractivity contribution < 1.29 is 48.3 Å². The molecule has 18 heteroatoms. The number of carbonyl (C=O) groups excluding carboxylic acids is 4. The number of nitrogens with two attached hydrogens (primary N) is 2. The van der Waals surface area contributed by atoms with Crippen LogP contribution in [0, 0.1) is 29.6 Å². The Hall–Kier alpha value is -1.27. The van der Waals surface area contributed by atoms with Gasteiger partial charge in [0.2, 0.25) is 11.8 Å². The zero-order valence-electron chi connectivity index (χ0n) is 34.7. The first-order valence-corrected chi connectivity index (χ1v) is 26.4. The molecule has 9 atom stereocenters. The number of amides is 3. The summed E-state index contributed by atoms with van der Waals surface area (Å²) in [6, 6.07) is -2.03. The van der Waals surface area contributed by atoms with E-state index in [2.05, 4.69) is 16.0 Å². The molecule has 15 nitrogen and oxygen atoms in total. The Morgan fingerprint density at radius 3 is 1.91 bits per heavy atom. The third-order valence-corrected chi connectivity index (χ3v) is 16.7. The second kappa shape index (κ2) is 27.5. The van der Waals surface area contributed by atoms with Gasteiger partial charge in [0, 0.05) is 18.9 Å². The van der Waals surface area contributed by atoms with Gasteiger partial charge in [-0.25, -0.2) is 0 Å². The molecule has 0 spiro atoms. The molecule has 0 aliphatic heterocycles. The van der Waals surface area contributed by atoms with E-state index >= 15 is 0 Å². The van der Waals surface area contributed by atoms with Crippen molar-refractivity contribution in [3.8, 4) is 0 Å². The predicted octanol–water partition coefficient (Wildman–Crippen LogP) is 2.73. The van der Waals surface area contributed by atoms with E-state index in [1.54, 1.807) is 0 Å². The van der Waals surface area contributed by atoms with E-state index in [0.717, 1.165) is 57.8 Å². The molecule has 11 N–H and O–H groups in total. The number of hydrogen-bond donors (Lipinski definition) is 9. The molecule has 0 bridgehead atoms. The van der Waals surface area contributed by atoms with Crippen molar-refractivity contribution >= 4 is 53.4 Å². The quantitative estimate of drug-likeness (QED) is 0.0530. The summed E-state index contributed by atoms with van der Waals surface area (Å²) in [6.45, 7) is 11.1. The number of hydrogen-bond acceptors (Lipinski definition) is 10. The Kier molecular flexibility index (Phi) is 25.9. The molecular weight excluding hydrogens is 823 g/mol. The molecule has 3 amide bonds. The summed E-state index contributed by atoms with van der Waals surface area (Å²) in [5.74, 6) is -0.645. The van der Waals surface area contributed by atoms with Crippen molar-refractivity contribution in [2.75, 3.05) is 25.4 Å². The third-order valence-electron chi connectivity index (χ3n) is 10.6. The summed E-state index contributed by atoms with van der Waals surface area (Å²) in [6.07, 6.45) is 9.37. The maximum atomic E-state index is 12.6. The van der Waals surface area contributed by atoms with Gasteiger partial charge in [0.05, 0.1) is 12.1 Å².